The van der Waals surface area contributed by atoms with Gasteiger partial charge in [-0.15, -0.1) is 0 Å². The third kappa shape index (κ3) is 3.05. The second-order valence-corrected chi connectivity index (χ2v) is 6.82. The molecule has 1 aromatic rings. The van der Waals surface area contributed by atoms with E-state index in [0.717, 1.165) is 36.1 Å². The largest absolute Gasteiger partial charge is 0.496 e. The van der Waals surface area contributed by atoms with Gasteiger partial charge in [0.15, 0.2) is 0 Å². The van der Waals surface area contributed by atoms with Crippen molar-refractivity contribution in [1.82, 2.24) is 4.90 Å². The van der Waals surface area contributed by atoms with E-state index in [1.807, 2.05) is 30.0 Å². The zero-order valence-corrected chi connectivity index (χ0v) is 13.7. The van der Waals surface area contributed by atoms with Crippen molar-refractivity contribution in [3.63, 3.8) is 0 Å². The summed E-state index contributed by atoms with van der Waals surface area (Å²) >= 11 is 0. The number of methoxy groups -OCH3 is 1. The van der Waals surface area contributed by atoms with Crippen molar-refractivity contribution in [2.24, 2.45) is 11.3 Å². The van der Waals surface area contributed by atoms with Crippen molar-refractivity contribution >= 4 is 11.9 Å². The lowest BCUT2D eigenvalue weighted by atomic mass is 9.90. The number of hydrogen-bond acceptors (Lipinski definition) is 3. The predicted molar refractivity (Wildman–Crippen MR) is 85.4 cm³/mol. The number of piperidine rings is 1. The van der Waals surface area contributed by atoms with Crippen molar-refractivity contribution in [3.05, 3.63) is 29.3 Å². The summed E-state index contributed by atoms with van der Waals surface area (Å²) < 4.78 is 5.30. The topological polar surface area (TPSA) is 66.8 Å². The van der Waals surface area contributed by atoms with Crippen LogP contribution in [0.15, 0.2) is 18.2 Å². The molecular formula is C18H23NO4. The maximum absolute atomic E-state index is 12.5. The highest BCUT2D eigenvalue weighted by Gasteiger charge is 2.59. The molecular weight excluding hydrogens is 294 g/mol. The number of aliphatic carboxylic acids is 1. The average molecular weight is 317 g/mol. The van der Waals surface area contributed by atoms with Gasteiger partial charge in [-0.2, -0.15) is 0 Å². The van der Waals surface area contributed by atoms with Crippen LogP contribution in [0.1, 0.15) is 30.4 Å². The minimum absolute atomic E-state index is 0.0321. The fraction of sp³-hybridized carbons (Fsp3) is 0.556. The predicted octanol–water partition coefficient (Wildman–Crippen LogP) is 2.26. The Morgan fingerprint density at radius 2 is 2.04 bits per heavy atom. The molecule has 1 aliphatic carbocycles. The summed E-state index contributed by atoms with van der Waals surface area (Å²) in [6.07, 6.45) is 2.77. The van der Waals surface area contributed by atoms with Gasteiger partial charge in [-0.1, -0.05) is 12.1 Å². The van der Waals surface area contributed by atoms with E-state index in [4.69, 9.17) is 9.84 Å². The highest BCUT2D eigenvalue weighted by Crippen LogP contribution is 2.59. The van der Waals surface area contributed by atoms with E-state index >= 15 is 0 Å². The fourth-order valence-corrected chi connectivity index (χ4v) is 3.71. The summed E-state index contributed by atoms with van der Waals surface area (Å²) in [6, 6.07) is 5.84. The van der Waals surface area contributed by atoms with Crippen LogP contribution in [0.25, 0.3) is 0 Å². The number of nitrogens with zero attached hydrogens (tertiary/aromatic N) is 1. The van der Waals surface area contributed by atoms with Gasteiger partial charge in [0.1, 0.15) is 5.75 Å². The molecule has 1 spiro atoms. The Morgan fingerprint density at radius 3 is 2.61 bits per heavy atom. The summed E-state index contributed by atoms with van der Waals surface area (Å²) in [6.45, 7) is 3.32. The molecule has 5 nitrogen and oxygen atoms in total. The molecule has 1 saturated heterocycles. The Kier molecular flexibility index (Phi) is 4.04. The summed E-state index contributed by atoms with van der Waals surface area (Å²) in [5.74, 6) is 0.0334. The third-order valence-corrected chi connectivity index (χ3v) is 5.43. The van der Waals surface area contributed by atoms with Crippen molar-refractivity contribution in [1.29, 1.82) is 0 Å². The number of carbonyl (C=O) groups excluding carboxylic acids is 1. The molecule has 1 aromatic carbocycles. The second kappa shape index (κ2) is 5.87. The molecule has 3 rings (SSSR count). The molecule has 2 aliphatic rings. The normalized spacial score (nSPS) is 22.0. The van der Waals surface area contributed by atoms with E-state index in [2.05, 4.69) is 0 Å². The molecule has 0 aromatic heterocycles. The zero-order valence-electron chi connectivity index (χ0n) is 13.7. The average Bonchev–Trinajstić information content (AvgIpc) is 3.23. The van der Waals surface area contributed by atoms with E-state index in [1.165, 1.54) is 0 Å². The lowest BCUT2D eigenvalue weighted by Gasteiger charge is -2.32. The summed E-state index contributed by atoms with van der Waals surface area (Å²) in [7, 11) is 1.63. The number of rotatable bonds is 4. The summed E-state index contributed by atoms with van der Waals surface area (Å²) in [5.41, 5.74) is 1.97. The monoisotopic (exact) mass is 317 g/mol. The van der Waals surface area contributed by atoms with Crippen LogP contribution in [0.4, 0.5) is 0 Å². The molecule has 1 aliphatic heterocycles. The van der Waals surface area contributed by atoms with Gasteiger partial charge in [0.05, 0.1) is 19.4 Å². The third-order valence-electron chi connectivity index (χ3n) is 5.43. The first-order valence-corrected chi connectivity index (χ1v) is 8.09. The quantitative estimate of drug-likeness (QED) is 0.925. The van der Waals surface area contributed by atoms with E-state index in [0.29, 0.717) is 19.5 Å². The Morgan fingerprint density at radius 1 is 1.35 bits per heavy atom. The molecule has 1 unspecified atom stereocenters. The maximum atomic E-state index is 12.5. The van der Waals surface area contributed by atoms with Gasteiger partial charge in [-0.05, 0) is 48.8 Å². The number of ether oxygens (including phenoxy) is 1. The summed E-state index contributed by atoms with van der Waals surface area (Å²) in [4.78, 5) is 25.4. The number of carboxylic acids is 1. The highest BCUT2D eigenvalue weighted by atomic mass is 16.5. The van der Waals surface area contributed by atoms with Crippen LogP contribution in [0, 0.1) is 18.3 Å². The maximum Gasteiger partial charge on any atom is 0.307 e. The van der Waals surface area contributed by atoms with Crippen LogP contribution in [0.3, 0.4) is 0 Å². The van der Waals surface area contributed by atoms with Gasteiger partial charge in [0, 0.05) is 13.1 Å². The van der Waals surface area contributed by atoms with Crippen molar-refractivity contribution in [2.75, 3.05) is 20.2 Å². The number of hydrogen-bond donors (Lipinski definition) is 1. The van der Waals surface area contributed by atoms with E-state index in [-0.39, 0.29) is 17.2 Å². The van der Waals surface area contributed by atoms with Gasteiger partial charge < -0.3 is 14.7 Å². The summed E-state index contributed by atoms with van der Waals surface area (Å²) in [5, 5.41) is 9.12. The molecule has 0 radical (unpaired) electrons. The number of amides is 1. The van der Waals surface area contributed by atoms with Gasteiger partial charge in [0.2, 0.25) is 5.91 Å². The van der Waals surface area contributed by atoms with Crippen molar-refractivity contribution < 1.29 is 19.4 Å². The van der Waals surface area contributed by atoms with Crippen molar-refractivity contribution in [3.8, 4) is 5.75 Å². The molecule has 1 heterocycles. The van der Waals surface area contributed by atoms with Crippen LogP contribution in [0.2, 0.25) is 0 Å². The minimum Gasteiger partial charge on any atom is -0.496 e. The van der Waals surface area contributed by atoms with E-state index in [1.54, 1.807) is 7.11 Å². The lowest BCUT2D eigenvalue weighted by molar-refractivity contribution is -0.139. The number of carboxylic acid groups (broad SMARTS) is 1. The number of aryl methyl sites for hydroxylation is 1. The minimum atomic E-state index is -0.684. The van der Waals surface area contributed by atoms with Crippen LogP contribution in [-0.2, 0) is 16.0 Å². The first-order chi connectivity index (χ1) is 10.9. The first-order valence-electron chi connectivity index (χ1n) is 8.09. The van der Waals surface area contributed by atoms with Gasteiger partial charge in [-0.25, -0.2) is 0 Å². The molecule has 0 bridgehead atoms. The molecule has 5 heteroatoms. The number of likely N-dealkylation sites (tertiary alicyclic amines) is 1. The first kappa shape index (κ1) is 15.8. The van der Waals surface area contributed by atoms with Gasteiger partial charge in [0.25, 0.3) is 0 Å². The fourth-order valence-electron chi connectivity index (χ4n) is 3.71. The molecule has 124 valence electrons. The lowest BCUT2D eigenvalue weighted by Crippen LogP contribution is -2.40. The Bertz CT molecular complexity index is 632. The standard InChI is InChI=1S/C18H23NO4/c1-12-3-4-13(9-15(12)23-2)10-16(20)19-7-5-18(6-8-19)11-14(18)17(21)22/h3-4,9,14H,5-8,10-11H2,1-2H3,(H,21,22). The van der Waals surface area contributed by atoms with Gasteiger partial charge in [-0.3, -0.25) is 9.59 Å². The Hall–Kier alpha value is -2.04. The van der Waals surface area contributed by atoms with Crippen molar-refractivity contribution in [2.45, 2.75) is 32.6 Å². The smallest absolute Gasteiger partial charge is 0.307 e. The molecule has 23 heavy (non-hydrogen) atoms. The zero-order chi connectivity index (χ0) is 16.6. The van der Waals surface area contributed by atoms with Gasteiger partial charge >= 0.3 is 5.97 Å². The number of carbonyl (C=O) groups is 2. The number of benzene rings is 1. The van der Waals surface area contributed by atoms with Crippen LogP contribution >= 0.6 is 0 Å². The Balaban J connectivity index is 1.57. The van der Waals surface area contributed by atoms with Crippen LogP contribution in [-0.4, -0.2) is 42.1 Å². The molecule has 2 fully saturated rings. The van der Waals surface area contributed by atoms with E-state index in [9.17, 15) is 9.59 Å². The van der Waals surface area contributed by atoms with Crippen LogP contribution in [0.5, 0.6) is 5.75 Å². The molecule has 1 N–H and O–H groups in total. The Labute approximate surface area is 136 Å². The van der Waals surface area contributed by atoms with E-state index < -0.39 is 5.97 Å². The highest BCUT2D eigenvalue weighted by molar-refractivity contribution is 5.79. The molecule has 1 amide bonds. The van der Waals surface area contributed by atoms with Crippen LogP contribution < -0.4 is 4.74 Å². The molecule has 1 atom stereocenters. The second-order valence-electron chi connectivity index (χ2n) is 6.82. The SMILES string of the molecule is COc1cc(CC(=O)N2CCC3(CC2)CC3C(=O)O)ccc1C. The molecule has 1 saturated carbocycles.